The van der Waals surface area contributed by atoms with E-state index >= 15 is 0 Å². The Morgan fingerprint density at radius 1 is 1.40 bits per heavy atom. The highest BCUT2D eigenvalue weighted by Gasteiger charge is 2.45. The number of carbonyl (C=O) groups is 1. The second-order valence-electron chi connectivity index (χ2n) is 7.07. The maximum Gasteiger partial charge on any atom is 0.192 e. The molecule has 0 saturated carbocycles. The van der Waals surface area contributed by atoms with E-state index in [1.165, 1.54) is 0 Å². The zero-order chi connectivity index (χ0) is 15.6. The van der Waals surface area contributed by atoms with Crippen molar-refractivity contribution in [3.63, 3.8) is 0 Å². The van der Waals surface area contributed by atoms with Gasteiger partial charge in [0.2, 0.25) is 0 Å². The van der Waals surface area contributed by atoms with E-state index in [1.54, 1.807) is 7.11 Å². The maximum atomic E-state index is 11.1. The van der Waals surface area contributed by atoms with Crippen molar-refractivity contribution in [2.45, 2.75) is 64.6 Å². The lowest BCUT2D eigenvalue weighted by molar-refractivity contribution is -0.126. The Hall–Kier alpha value is -0.233. The molecule has 1 saturated heterocycles. The molecule has 1 fully saturated rings. The van der Waals surface area contributed by atoms with Crippen LogP contribution in [0.1, 0.15) is 34.1 Å². The molecule has 0 aromatic heterocycles. The summed E-state index contributed by atoms with van der Waals surface area (Å²) < 4.78 is 17.2. The first-order valence-electron chi connectivity index (χ1n) is 7.43. The second-order valence-corrected chi connectivity index (χ2v) is 11.7. The van der Waals surface area contributed by atoms with Gasteiger partial charge in [0.15, 0.2) is 14.6 Å². The molecule has 0 unspecified atom stereocenters. The molecule has 118 valence electrons. The van der Waals surface area contributed by atoms with Gasteiger partial charge in [-0.25, -0.2) is 0 Å². The van der Waals surface area contributed by atoms with Crippen molar-refractivity contribution in [2.24, 2.45) is 11.8 Å². The Morgan fingerprint density at radius 3 is 2.45 bits per heavy atom. The van der Waals surface area contributed by atoms with Gasteiger partial charge in [-0.05, 0) is 24.1 Å². The Balaban J connectivity index is 2.64. The van der Waals surface area contributed by atoms with Gasteiger partial charge >= 0.3 is 0 Å². The summed E-state index contributed by atoms with van der Waals surface area (Å²) in [5, 5.41) is 0.170. The molecule has 0 aromatic carbocycles. The fraction of sp³-hybridized carbons (Fsp3) is 0.933. The van der Waals surface area contributed by atoms with Crippen LogP contribution in [0.3, 0.4) is 0 Å². The van der Waals surface area contributed by atoms with Crippen LogP contribution in [0.4, 0.5) is 0 Å². The molecular formula is C15H30O4Si. The van der Waals surface area contributed by atoms with Gasteiger partial charge in [-0.1, -0.05) is 27.7 Å². The molecule has 0 spiro atoms. The number of carbonyl (C=O) groups excluding carboxylic acids is 1. The van der Waals surface area contributed by atoms with Crippen molar-refractivity contribution in [1.82, 2.24) is 0 Å². The molecule has 1 aliphatic rings. The average Bonchev–Trinajstić information content (AvgIpc) is 2.78. The molecule has 1 rings (SSSR count). The summed E-state index contributed by atoms with van der Waals surface area (Å²) in [7, 11) is -0.265. The van der Waals surface area contributed by atoms with E-state index < -0.39 is 8.32 Å². The molecule has 3 atom stereocenters. The number of methoxy groups -OCH3 is 1. The lowest BCUT2D eigenvalue weighted by Crippen LogP contribution is -2.47. The summed E-state index contributed by atoms with van der Waals surface area (Å²) in [6.07, 6.45) is 1.15. The summed E-state index contributed by atoms with van der Waals surface area (Å²) >= 11 is 0. The monoisotopic (exact) mass is 302 g/mol. The number of ether oxygens (including phenoxy) is 2. The van der Waals surface area contributed by atoms with Crippen LogP contribution < -0.4 is 0 Å². The zero-order valence-corrected chi connectivity index (χ0v) is 14.9. The van der Waals surface area contributed by atoms with E-state index in [0.29, 0.717) is 18.9 Å². The van der Waals surface area contributed by atoms with Crippen LogP contribution in [-0.4, -0.2) is 40.7 Å². The molecule has 0 aliphatic carbocycles. The quantitative estimate of drug-likeness (QED) is 0.535. The van der Waals surface area contributed by atoms with E-state index in [4.69, 9.17) is 13.9 Å². The minimum atomic E-state index is -1.87. The van der Waals surface area contributed by atoms with Crippen molar-refractivity contribution in [3.8, 4) is 0 Å². The van der Waals surface area contributed by atoms with Gasteiger partial charge in [-0.3, -0.25) is 0 Å². The summed E-state index contributed by atoms with van der Waals surface area (Å²) in [6.45, 7) is 14.0. The van der Waals surface area contributed by atoms with Crippen molar-refractivity contribution >= 4 is 14.6 Å². The highest BCUT2D eigenvalue weighted by molar-refractivity contribution is 6.74. The Kier molecular flexibility index (Phi) is 5.96. The van der Waals surface area contributed by atoms with Crippen LogP contribution in [0.25, 0.3) is 0 Å². The van der Waals surface area contributed by atoms with E-state index in [9.17, 15) is 4.79 Å². The fourth-order valence-electron chi connectivity index (χ4n) is 2.35. The molecular weight excluding hydrogens is 272 g/mol. The fourth-order valence-corrected chi connectivity index (χ4v) is 4.70. The van der Waals surface area contributed by atoms with Crippen LogP contribution in [0.5, 0.6) is 0 Å². The standard InChI is InChI=1S/C15H30O4Si/c1-11(2)15(3,4)20(6,7)18-10-13-12(9-16)8-14(17-5)19-13/h9,11-14H,8,10H2,1-7H3/t12-,13-,14-/m1/s1. The van der Waals surface area contributed by atoms with Crippen molar-refractivity contribution in [2.75, 3.05) is 13.7 Å². The molecule has 1 heterocycles. The van der Waals surface area contributed by atoms with Crippen molar-refractivity contribution < 1.29 is 18.7 Å². The number of hydrogen-bond donors (Lipinski definition) is 0. The van der Waals surface area contributed by atoms with Gasteiger partial charge < -0.3 is 18.7 Å². The minimum Gasteiger partial charge on any atom is -0.414 e. The predicted molar refractivity (Wildman–Crippen MR) is 82.2 cm³/mol. The largest absolute Gasteiger partial charge is 0.414 e. The van der Waals surface area contributed by atoms with Gasteiger partial charge in [-0.15, -0.1) is 0 Å². The number of aldehydes is 1. The lowest BCUT2D eigenvalue weighted by atomic mass is 9.99. The molecule has 0 bridgehead atoms. The number of rotatable bonds is 7. The first-order chi connectivity index (χ1) is 9.15. The molecule has 5 heteroatoms. The lowest BCUT2D eigenvalue weighted by Gasteiger charge is -2.43. The molecule has 1 aliphatic heterocycles. The van der Waals surface area contributed by atoms with Gasteiger partial charge in [0.05, 0.1) is 12.7 Å². The Morgan fingerprint density at radius 2 is 2.00 bits per heavy atom. The third-order valence-corrected chi connectivity index (χ3v) is 9.88. The third kappa shape index (κ3) is 3.69. The van der Waals surface area contributed by atoms with Crippen LogP contribution in [0, 0.1) is 11.8 Å². The van der Waals surface area contributed by atoms with Crippen LogP contribution in [-0.2, 0) is 18.7 Å². The topological polar surface area (TPSA) is 44.8 Å². The van der Waals surface area contributed by atoms with Crippen LogP contribution >= 0.6 is 0 Å². The van der Waals surface area contributed by atoms with Gasteiger partial charge in [-0.2, -0.15) is 0 Å². The van der Waals surface area contributed by atoms with Gasteiger partial charge in [0, 0.05) is 19.4 Å². The predicted octanol–water partition coefficient (Wildman–Crippen LogP) is 3.22. The van der Waals surface area contributed by atoms with E-state index in [1.807, 2.05) is 0 Å². The third-order valence-electron chi connectivity index (χ3n) is 5.31. The van der Waals surface area contributed by atoms with Crippen molar-refractivity contribution in [3.05, 3.63) is 0 Å². The van der Waals surface area contributed by atoms with E-state index in [0.717, 1.165) is 6.29 Å². The SMILES string of the molecule is CO[C@H]1C[C@H](C=O)[C@@H](CO[Si](C)(C)C(C)(C)C(C)C)O1. The van der Waals surface area contributed by atoms with Gasteiger partial charge in [0.1, 0.15) is 6.29 Å². The summed E-state index contributed by atoms with van der Waals surface area (Å²) in [5.41, 5.74) is 0. The first kappa shape index (κ1) is 17.8. The highest BCUT2D eigenvalue weighted by Crippen LogP contribution is 2.44. The Labute approximate surface area is 124 Å². The highest BCUT2D eigenvalue weighted by atomic mass is 28.4. The summed E-state index contributed by atoms with van der Waals surface area (Å²) in [4.78, 5) is 11.1. The van der Waals surface area contributed by atoms with E-state index in [2.05, 4.69) is 40.8 Å². The van der Waals surface area contributed by atoms with Gasteiger partial charge in [0.25, 0.3) is 0 Å². The zero-order valence-electron chi connectivity index (χ0n) is 13.9. The molecule has 0 amide bonds. The molecule has 0 radical (unpaired) electrons. The Bertz CT molecular complexity index is 328. The first-order valence-corrected chi connectivity index (χ1v) is 10.3. The molecule has 20 heavy (non-hydrogen) atoms. The summed E-state index contributed by atoms with van der Waals surface area (Å²) in [5.74, 6) is 0.439. The normalized spacial score (nSPS) is 28.1. The van der Waals surface area contributed by atoms with Crippen LogP contribution in [0.2, 0.25) is 18.1 Å². The molecule has 0 N–H and O–H groups in total. The number of hydrogen-bond acceptors (Lipinski definition) is 4. The van der Waals surface area contributed by atoms with Crippen LogP contribution in [0.15, 0.2) is 0 Å². The summed E-state index contributed by atoms with van der Waals surface area (Å²) in [6, 6.07) is 0. The maximum absolute atomic E-state index is 11.1. The molecule has 0 aromatic rings. The van der Waals surface area contributed by atoms with E-state index in [-0.39, 0.29) is 23.4 Å². The average molecular weight is 302 g/mol. The smallest absolute Gasteiger partial charge is 0.192 e. The molecule has 4 nitrogen and oxygen atoms in total. The second kappa shape index (κ2) is 6.69. The van der Waals surface area contributed by atoms with Crippen molar-refractivity contribution in [1.29, 1.82) is 0 Å². The minimum absolute atomic E-state index is 0.119.